The van der Waals surface area contributed by atoms with Crippen molar-refractivity contribution in [3.63, 3.8) is 0 Å². The Bertz CT molecular complexity index is 4650. The highest BCUT2D eigenvalue weighted by molar-refractivity contribution is 6.67. The van der Waals surface area contributed by atoms with Crippen LogP contribution in [0.4, 0.5) is 8.78 Å². The number of halogens is 3. The number of hydrogen-bond donors (Lipinski definition) is 4. The van der Waals surface area contributed by atoms with Gasteiger partial charge >= 0.3 is 29.8 Å². The van der Waals surface area contributed by atoms with Crippen LogP contribution in [0.1, 0.15) is 328 Å². The lowest BCUT2D eigenvalue weighted by Crippen LogP contribution is -2.51. The molecule has 0 bridgehead atoms. The maximum absolute atomic E-state index is 13.4. The van der Waals surface area contributed by atoms with Crippen LogP contribution in [0.3, 0.4) is 0 Å². The smallest absolute Gasteiger partial charge is 0.375 e. The van der Waals surface area contributed by atoms with E-state index in [9.17, 15) is 66.6 Å². The molecule has 4 aliphatic rings. The van der Waals surface area contributed by atoms with Gasteiger partial charge in [-0.1, -0.05) is 209 Å². The van der Waals surface area contributed by atoms with Crippen molar-refractivity contribution in [3.8, 4) is 0 Å². The number of carbonyl (C=O) groups excluding carboxylic acids is 10. The number of nitrogens with one attached hydrogen (secondary N) is 2. The number of esters is 4. The summed E-state index contributed by atoms with van der Waals surface area (Å²) in [5, 5.41) is 16.0. The van der Waals surface area contributed by atoms with Crippen LogP contribution in [0.25, 0.3) is 0 Å². The lowest BCUT2D eigenvalue weighted by Gasteiger charge is -2.41. The van der Waals surface area contributed by atoms with Crippen molar-refractivity contribution in [2.45, 2.75) is 406 Å². The first kappa shape index (κ1) is 128. The Labute approximate surface area is 866 Å². The summed E-state index contributed by atoms with van der Waals surface area (Å²) in [4.78, 5) is 134. The summed E-state index contributed by atoms with van der Waals surface area (Å²) in [5.41, 5.74) is 8.29. The van der Waals surface area contributed by atoms with E-state index in [1.807, 2.05) is 160 Å². The first-order valence-corrected chi connectivity index (χ1v) is 51.3. The second-order valence-electron chi connectivity index (χ2n) is 45.6. The van der Waals surface area contributed by atoms with Gasteiger partial charge in [0.15, 0.2) is 23.1 Å². The molecular formula is C114H171ClF2N4O24. The molecule has 3 unspecified atom stereocenters. The molecule has 812 valence electrons. The third-order valence-corrected chi connectivity index (χ3v) is 23.0. The first-order valence-electron chi connectivity index (χ1n) is 51.0. The van der Waals surface area contributed by atoms with E-state index in [4.69, 9.17) is 74.2 Å². The number of ketones is 4. The lowest BCUT2D eigenvalue weighted by molar-refractivity contribution is -0.301. The third-order valence-electron chi connectivity index (χ3n) is 22.8. The molecule has 1 amide bonds. The Kier molecular flexibility index (Phi) is 53.6. The largest absolute Gasteiger partial charge is 0.480 e. The minimum absolute atomic E-state index is 0.0257. The third kappa shape index (κ3) is 54.1. The summed E-state index contributed by atoms with van der Waals surface area (Å²) in [6.45, 7) is 56.4. The quantitative estimate of drug-likeness (QED) is 0.0122. The number of aliphatic carboxylic acids is 1. The van der Waals surface area contributed by atoms with Crippen molar-refractivity contribution in [2.75, 3.05) is 26.2 Å². The molecule has 9 rings (SSSR count). The predicted molar refractivity (Wildman–Crippen MR) is 555 cm³/mol. The molecule has 28 nitrogen and oxygen atoms in total. The van der Waals surface area contributed by atoms with Gasteiger partial charge < -0.3 is 83.2 Å². The Hall–Kier alpha value is -9.02. The van der Waals surface area contributed by atoms with E-state index in [-0.39, 0.29) is 174 Å². The van der Waals surface area contributed by atoms with Gasteiger partial charge in [-0.15, -0.1) is 0 Å². The van der Waals surface area contributed by atoms with Gasteiger partial charge in [0.2, 0.25) is 5.78 Å². The molecule has 145 heavy (non-hydrogen) atoms. The van der Waals surface area contributed by atoms with Gasteiger partial charge in [0.25, 0.3) is 11.1 Å². The topological polar surface area (TPSA) is 372 Å². The average Bonchev–Trinajstić information content (AvgIpc) is 0.786. The van der Waals surface area contributed by atoms with Gasteiger partial charge in [-0.3, -0.25) is 43.2 Å². The molecule has 0 radical (unpaired) electrons. The van der Waals surface area contributed by atoms with Gasteiger partial charge in [-0.05, 0) is 232 Å². The van der Waals surface area contributed by atoms with Crippen LogP contribution in [-0.2, 0) is 120 Å². The van der Waals surface area contributed by atoms with Crippen LogP contribution in [-0.4, -0.2) is 196 Å². The normalized spacial score (nSPS) is 20.1. The Morgan fingerprint density at radius 3 is 1.01 bits per heavy atom. The monoisotopic (exact) mass is 2050 g/mol. The van der Waals surface area contributed by atoms with Crippen LogP contribution in [0.15, 0.2) is 140 Å². The summed E-state index contributed by atoms with van der Waals surface area (Å²) in [6.07, 6.45) is 6.99. The lowest BCUT2D eigenvalue weighted by atomic mass is 9.87. The maximum Gasteiger partial charge on any atom is 0.375 e. The number of nitrogens with two attached hydrogens (primary N) is 1. The molecule has 4 saturated heterocycles. The number of carboxylic acids is 1. The number of carbonyl (C=O) groups is 11. The van der Waals surface area contributed by atoms with Crippen molar-refractivity contribution in [1.29, 1.82) is 0 Å². The zero-order valence-corrected chi connectivity index (χ0v) is 92.2. The summed E-state index contributed by atoms with van der Waals surface area (Å²) < 4.78 is 94.8. The number of carboxylic acid groups (broad SMARTS) is 1. The van der Waals surface area contributed by atoms with Crippen molar-refractivity contribution in [3.05, 3.63) is 179 Å². The number of benzene rings is 5. The number of Topliss-reactive ketones (excluding diaryl/α,β-unsaturated/α-hetero) is 4. The molecular weight excluding hydrogens is 1880 g/mol. The van der Waals surface area contributed by atoms with Gasteiger partial charge in [-0.2, -0.15) is 0 Å². The highest BCUT2D eigenvalue weighted by atomic mass is 35.5. The zero-order valence-electron chi connectivity index (χ0n) is 91.5. The molecule has 4 fully saturated rings. The van der Waals surface area contributed by atoms with E-state index in [2.05, 4.69) is 72.9 Å². The molecule has 0 spiro atoms. The molecule has 11 atom stereocenters. The highest BCUT2D eigenvalue weighted by Gasteiger charge is 2.43. The highest BCUT2D eigenvalue weighted by Crippen LogP contribution is 2.37. The summed E-state index contributed by atoms with van der Waals surface area (Å²) in [7, 11) is 0. The molecule has 31 heteroatoms. The number of rotatable bonds is 41. The van der Waals surface area contributed by atoms with Gasteiger partial charge in [0.05, 0.1) is 55.3 Å². The number of amides is 1. The molecule has 4 aliphatic heterocycles. The van der Waals surface area contributed by atoms with E-state index in [1.165, 1.54) is 53.4 Å². The molecule has 4 heterocycles. The molecule has 0 saturated carbocycles. The summed E-state index contributed by atoms with van der Waals surface area (Å²) >= 11 is 5.09. The first-order chi connectivity index (χ1) is 67.2. The fourth-order valence-corrected chi connectivity index (χ4v) is 17.1. The van der Waals surface area contributed by atoms with E-state index < -0.39 is 75.6 Å². The van der Waals surface area contributed by atoms with Gasteiger partial charge in [0, 0.05) is 87.8 Å². The number of ether oxygens (including phenoxy) is 12. The van der Waals surface area contributed by atoms with Crippen LogP contribution < -0.4 is 16.4 Å². The van der Waals surface area contributed by atoms with Gasteiger partial charge in [0.1, 0.15) is 72.5 Å². The standard InChI is InChI=1S/2C27H43NO5.C26H38FNO7.C15H29NO3.C12H14O3.C7H4ClFO/c2*1-19(2)24(25(30)31-18-20-11-9-8-10-12-20)28-14-13-22-16-23(33-27(6,7)32-22)15-21(29)17-26(3,4)5;1-16(2)22(24(31)32)28(23(30)17-8-10-18(27)11-9-17)13-12-19-14-20(34-26(6,7)33-19)15-21(29)35-25(3,4)5;1-14(2,3)10-11(17)8-13-9-12(6-7-16)18-15(4,5)19-13;1-9(2)11(13)12(14)15-8-10-6-4-3-5-7-10;8-7(10)5-1-3-6(9)4-2-5/h2*8-12,19,22-24,28H,13-18H2,1-7H3;8-11,16,19-20,22H,12-15H2,1-7H3,(H,31,32);12-13H,6-10,16H2,1-5H3;3-7,9H,8H2,1-2H3;1-4H/t2*22-,23+,24?;19-,20-,22?;12-,13+;;/m1111../s1. The van der Waals surface area contributed by atoms with Crippen LogP contribution in [0.5, 0.6) is 0 Å². The van der Waals surface area contributed by atoms with Crippen molar-refractivity contribution in [2.24, 2.45) is 45.7 Å². The number of hydrogen-bond acceptors (Lipinski definition) is 26. The fourth-order valence-electron chi connectivity index (χ4n) is 17.0. The molecule has 5 aromatic carbocycles. The van der Waals surface area contributed by atoms with E-state index in [1.54, 1.807) is 62.3 Å². The van der Waals surface area contributed by atoms with Gasteiger partial charge in [-0.25, -0.2) is 18.4 Å². The second-order valence-corrected chi connectivity index (χ2v) is 45.9. The fraction of sp³-hybridized carbons (Fsp3) is 0.640. The second kappa shape index (κ2) is 60.6. The average molecular weight is 2060 g/mol. The van der Waals surface area contributed by atoms with E-state index in [0.29, 0.717) is 89.4 Å². The maximum atomic E-state index is 13.4. The molecule has 0 aliphatic carbocycles. The summed E-state index contributed by atoms with van der Waals surface area (Å²) in [5.74, 6) is -7.38. The Morgan fingerprint density at radius 2 is 0.724 bits per heavy atom. The van der Waals surface area contributed by atoms with Crippen molar-refractivity contribution < 1.29 is 123 Å². The summed E-state index contributed by atoms with van der Waals surface area (Å²) in [6, 6.07) is 36.9. The van der Waals surface area contributed by atoms with E-state index in [0.717, 1.165) is 42.4 Å². The molecule has 5 N–H and O–H groups in total. The van der Waals surface area contributed by atoms with E-state index >= 15 is 0 Å². The van der Waals surface area contributed by atoms with Crippen molar-refractivity contribution >= 4 is 75.7 Å². The predicted octanol–water partition coefficient (Wildman–Crippen LogP) is 21.3. The molecule has 0 aromatic heterocycles. The SMILES string of the molecule is CC(C)(C)CC(=O)C[C@H]1C[C@@H](CCN)OC(C)(C)O1.CC(C)C(=O)C(=O)OCc1ccccc1.CC(C)C(C(=O)O)N(CC[C@@H]1C[C@H](CC(=O)OC(C)(C)C)OC(C)(C)O1)C(=O)c1ccc(F)cc1.CC(C)C(NCC[C@@H]1C[C@H](CC(=O)CC(C)(C)C)OC(C)(C)O1)C(=O)OCc1ccccc1.CC(C)C(NCC[C@@H]1C[C@H](CC(=O)CC(C)(C)C)OC(C)(C)O1)C(=O)OCc1ccccc1.O=C(Cl)c1ccc(F)cc1. The van der Waals surface area contributed by atoms with Crippen LogP contribution in [0, 0.1) is 51.6 Å². The zero-order chi connectivity index (χ0) is 109. The minimum Gasteiger partial charge on any atom is -0.480 e. The van der Waals surface area contributed by atoms with Crippen LogP contribution >= 0.6 is 11.6 Å². The minimum atomic E-state index is -1.12. The Balaban J connectivity index is 0.000000377. The number of nitrogens with zero attached hydrogens (tertiary/aromatic N) is 1. The molecule has 5 aromatic rings. The van der Waals surface area contributed by atoms with Crippen LogP contribution in [0.2, 0.25) is 0 Å². The Morgan fingerprint density at radius 1 is 0.421 bits per heavy atom. The van der Waals surface area contributed by atoms with Crippen molar-refractivity contribution in [1.82, 2.24) is 15.5 Å².